The first kappa shape index (κ1) is 14.2. The Balaban J connectivity index is 2.27. The van der Waals surface area contributed by atoms with Gasteiger partial charge < -0.3 is 4.90 Å². The normalized spacial score (nSPS) is 18.4. The summed E-state index contributed by atoms with van der Waals surface area (Å²) in [6.07, 6.45) is 3.54. The predicted molar refractivity (Wildman–Crippen MR) is 79.1 cm³/mol. The molecule has 1 aromatic heterocycles. The molecule has 0 spiro atoms. The van der Waals surface area contributed by atoms with Crippen LogP contribution >= 0.6 is 34.8 Å². The first-order valence-electron chi connectivity index (χ1n) is 6.28. The first-order chi connectivity index (χ1) is 8.51. The number of rotatable bonds is 3. The first-order valence-corrected chi connectivity index (χ1v) is 7.41. The second-order valence-electron chi connectivity index (χ2n) is 4.95. The van der Waals surface area contributed by atoms with Gasteiger partial charge >= 0.3 is 0 Å². The molecule has 2 rings (SSSR count). The molecular weight excluding hydrogens is 291 g/mol. The lowest BCUT2D eigenvalue weighted by molar-refractivity contribution is 0.301. The monoisotopic (exact) mass is 306 g/mol. The van der Waals surface area contributed by atoms with E-state index in [0.29, 0.717) is 20.6 Å². The number of hydrogen-bond acceptors (Lipinski definition) is 2. The zero-order valence-electron chi connectivity index (χ0n) is 10.6. The minimum Gasteiger partial charge on any atom is -0.355 e. The molecule has 0 radical (unpaired) electrons. The molecule has 2 nitrogen and oxygen atoms in total. The molecule has 0 aromatic carbocycles. The Labute approximate surface area is 123 Å². The van der Waals surface area contributed by atoms with Gasteiger partial charge in [-0.15, -0.1) is 0 Å². The maximum Gasteiger partial charge on any atom is 0.150 e. The number of nitrogens with zero attached hydrogens (tertiary/aromatic N) is 2. The zero-order chi connectivity index (χ0) is 13.3. The molecule has 2 heterocycles. The van der Waals surface area contributed by atoms with Crippen molar-refractivity contribution < 1.29 is 0 Å². The summed E-state index contributed by atoms with van der Waals surface area (Å²) in [5, 5.41) is 1.30. The lowest BCUT2D eigenvalue weighted by atomic mass is 9.82. The number of halogens is 3. The smallest absolute Gasteiger partial charge is 0.150 e. The summed E-state index contributed by atoms with van der Waals surface area (Å²) >= 11 is 18.1. The van der Waals surface area contributed by atoms with Gasteiger partial charge in [-0.1, -0.05) is 48.7 Å². The van der Waals surface area contributed by atoms with E-state index in [1.165, 1.54) is 19.3 Å². The second kappa shape index (κ2) is 5.44. The van der Waals surface area contributed by atoms with Gasteiger partial charge in [-0.2, -0.15) is 0 Å². The van der Waals surface area contributed by atoms with Gasteiger partial charge in [0.25, 0.3) is 0 Å². The highest BCUT2D eigenvalue weighted by Gasteiger charge is 2.36. The van der Waals surface area contributed by atoms with E-state index >= 15 is 0 Å². The van der Waals surface area contributed by atoms with E-state index in [-0.39, 0.29) is 0 Å². The average Bonchev–Trinajstić information content (AvgIpc) is 2.79. The molecular formula is C13H17Cl3N2. The van der Waals surface area contributed by atoms with Crippen LogP contribution < -0.4 is 4.90 Å². The molecule has 100 valence electrons. The van der Waals surface area contributed by atoms with Gasteiger partial charge in [0.2, 0.25) is 0 Å². The summed E-state index contributed by atoms with van der Waals surface area (Å²) in [5.41, 5.74) is 0.386. The van der Waals surface area contributed by atoms with E-state index in [1.807, 2.05) is 0 Å². The highest BCUT2D eigenvalue weighted by atomic mass is 35.5. The van der Waals surface area contributed by atoms with Crippen molar-refractivity contribution in [2.24, 2.45) is 5.41 Å². The van der Waals surface area contributed by atoms with Crippen molar-refractivity contribution >= 4 is 40.6 Å². The average molecular weight is 308 g/mol. The molecule has 1 aliphatic rings. The lowest BCUT2D eigenvalue weighted by Gasteiger charge is -2.27. The third-order valence-corrected chi connectivity index (χ3v) is 5.06. The summed E-state index contributed by atoms with van der Waals surface area (Å²) in [7, 11) is 0. The minimum absolute atomic E-state index is 0.321. The molecule has 18 heavy (non-hydrogen) atoms. The molecule has 5 heteroatoms. The SMILES string of the molecule is CCC1(CC)CCN(c2nc(Cl)c(Cl)cc2Cl)C1. The van der Waals surface area contributed by atoms with Gasteiger partial charge in [-0.3, -0.25) is 0 Å². The summed E-state index contributed by atoms with van der Waals surface area (Å²) < 4.78 is 0. The molecule has 0 aliphatic carbocycles. The molecule has 1 saturated heterocycles. The molecule has 1 fully saturated rings. The van der Waals surface area contributed by atoms with Crippen LogP contribution in [0.15, 0.2) is 6.07 Å². The van der Waals surface area contributed by atoms with Gasteiger partial charge in [-0.05, 0) is 30.7 Å². The maximum absolute atomic E-state index is 6.21. The summed E-state index contributed by atoms with van der Waals surface area (Å²) in [6, 6.07) is 1.67. The van der Waals surface area contributed by atoms with Crippen LogP contribution in [0, 0.1) is 5.41 Å². The van der Waals surface area contributed by atoms with E-state index < -0.39 is 0 Å². The van der Waals surface area contributed by atoms with Gasteiger partial charge in [0.15, 0.2) is 0 Å². The van der Waals surface area contributed by atoms with Gasteiger partial charge in [0.1, 0.15) is 11.0 Å². The third kappa shape index (κ3) is 2.56. The van der Waals surface area contributed by atoms with Gasteiger partial charge in [-0.25, -0.2) is 4.98 Å². The van der Waals surface area contributed by atoms with Gasteiger partial charge in [0.05, 0.1) is 10.0 Å². The van der Waals surface area contributed by atoms with E-state index in [0.717, 1.165) is 18.9 Å². The van der Waals surface area contributed by atoms with Crippen molar-refractivity contribution in [3.63, 3.8) is 0 Å². The topological polar surface area (TPSA) is 16.1 Å². The zero-order valence-corrected chi connectivity index (χ0v) is 12.9. The quantitative estimate of drug-likeness (QED) is 0.726. The van der Waals surface area contributed by atoms with Crippen LogP contribution in [0.5, 0.6) is 0 Å². The number of hydrogen-bond donors (Lipinski definition) is 0. The fourth-order valence-electron chi connectivity index (χ4n) is 2.60. The van der Waals surface area contributed by atoms with E-state index in [2.05, 4.69) is 23.7 Å². The van der Waals surface area contributed by atoms with Crippen LogP contribution in [0.25, 0.3) is 0 Å². The Morgan fingerprint density at radius 3 is 2.44 bits per heavy atom. The van der Waals surface area contributed by atoms with Crippen molar-refractivity contribution in [3.8, 4) is 0 Å². The van der Waals surface area contributed by atoms with Crippen LogP contribution in [0.4, 0.5) is 5.82 Å². The highest BCUT2D eigenvalue weighted by Crippen LogP contribution is 2.41. The second-order valence-corrected chi connectivity index (χ2v) is 6.12. The molecule has 0 amide bonds. The van der Waals surface area contributed by atoms with Crippen LogP contribution in [-0.2, 0) is 0 Å². The van der Waals surface area contributed by atoms with Crippen LogP contribution in [-0.4, -0.2) is 18.1 Å². The maximum atomic E-state index is 6.21. The molecule has 0 saturated carbocycles. The van der Waals surface area contributed by atoms with Crippen LogP contribution in [0.2, 0.25) is 15.2 Å². The van der Waals surface area contributed by atoms with Crippen molar-refractivity contribution in [3.05, 3.63) is 21.3 Å². The lowest BCUT2D eigenvalue weighted by Crippen LogP contribution is -2.27. The van der Waals surface area contributed by atoms with Crippen molar-refractivity contribution in [2.45, 2.75) is 33.1 Å². The molecule has 1 aromatic rings. The van der Waals surface area contributed by atoms with E-state index in [1.54, 1.807) is 6.07 Å². The summed E-state index contributed by atoms with van der Waals surface area (Å²) in [6.45, 7) is 6.46. The Morgan fingerprint density at radius 1 is 1.22 bits per heavy atom. The Bertz CT molecular complexity index is 444. The number of pyridine rings is 1. The third-order valence-electron chi connectivity index (χ3n) is 4.11. The van der Waals surface area contributed by atoms with E-state index in [9.17, 15) is 0 Å². The fourth-order valence-corrected chi connectivity index (χ4v) is 3.21. The highest BCUT2D eigenvalue weighted by molar-refractivity contribution is 6.42. The Kier molecular flexibility index (Phi) is 4.30. The number of aromatic nitrogens is 1. The van der Waals surface area contributed by atoms with Crippen LogP contribution in [0.1, 0.15) is 33.1 Å². The Morgan fingerprint density at radius 2 is 1.89 bits per heavy atom. The summed E-state index contributed by atoms with van der Waals surface area (Å²) in [4.78, 5) is 6.54. The predicted octanol–water partition coefficient (Wildman–Crippen LogP) is 5.06. The largest absolute Gasteiger partial charge is 0.355 e. The molecule has 0 N–H and O–H groups in total. The minimum atomic E-state index is 0.321. The number of anilines is 1. The van der Waals surface area contributed by atoms with Crippen molar-refractivity contribution in [1.82, 2.24) is 4.98 Å². The fraction of sp³-hybridized carbons (Fsp3) is 0.615. The molecule has 1 aliphatic heterocycles. The molecule has 0 unspecified atom stereocenters. The van der Waals surface area contributed by atoms with Crippen molar-refractivity contribution in [1.29, 1.82) is 0 Å². The Hall–Kier alpha value is -0.180. The standard InChI is InChI=1S/C13H17Cl3N2/c1-3-13(4-2)5-6-18(8-13)12-10(15)7-9(14)11(16)17-12/h7H,3-6,8H2,1-2H3. The van der Waals surface area contributed by atoms with Crippen LogP contribution in [0.3, 0.4) is 0 Å². The van der Waals surface area contributed by atoms with Crippen molar-refractivity contribution in [2.75, 3.05) is 18.0 Å². The molecule has 0 bridgehead atoms. The van der Waals surface area contributed by atoms with Gasteiger partial charge in [0, 0.05) is 13.1 Å². The summed E-state index contributed by atoms with van der Waals surface area (Å²) in [5.74, 6) is 0.759. The molecule has 0 atom stereocenters. The van der Waals surface area contributed by atoms with E-state index in [4.69, 9.17) is 34.8 Å².